The predicted molar refractivity (Wildman–Crippen MR) is 73.5 cm³/mol. The van der Waals surface area contributed by atoms with Gasteiger partial charge < -0.3 is 10.2 Å². The molecule has 4 nitrogen and oxygen atoms in total. The van der Waals surface area contributed by atoms with Crippen LogP contribution in [0.4, 0.5) is 0 Å². The molecule has 1 saturated heterocycles. The second-order valence-corrected chi connectivity index (χ2v) is 5.81. The molecule has 0 aromatic rings. The summed E-state index contributed by atoms with van der Waals surface area (Å²) in [5.74, 6) is 1.17. The number of amides is 1. The lowest BCUT2D eigenvalue weighted by Crippen LogP contribution is -2.53. The van der Waals surface area contributed by atoms with Gasteiger partial charge in [0.05, 0.1) is 6.04 Å². The Morgan fingerprint density at radius 1 is 1.39 bits per heavy atom. The highest BCUT2D eigenvalue weighted by molar-refractivity contribution is 5.81. The summed E-state index contributed by atoms with van der Waals surface area (Å²) in [7, 11) is 1.96. The standard InChI is InChI=1S/C14H27N3O/c1-12(17-10-7-15-8-11-17)14(18)16(2)9-6-13-4-3-5-13/h12-13,15H,3-11H2,1-2H3. The maximum Gasteiger partial charge on any atom is 0.239 e. The average molecular weight is 253 g/mol. The molecule has 1 aliphatic heterocycles. The number of hydrogen-bond acceptors (Lipinski definition) is 3. The molecular formula is C14H27N3O. The molecule has 1 aliphatic carbocycles. The Balaban J connectivity index is 1.73. The van der Waals surface area contributed by atoms with Gasteiger partial charge in [-0.3, -0.25) is 9.69 Å². The Morgan fingerprint density at radius 3 is 2.61 bits per heavy atom. The van der Waals surface area contributed by atoms with Crippen molar-refractivity contribution in [2.24, 2.45) is 5.92 Å². The van der Waals surface area contributed by atoms with Crippen molar-refractivity contribution in [3.63, 3.8) is 0 Å². The molecule has 1 amide bonds. The molecule has 1 saturated carbocycles. The molecule has 0 bridgehead atoms. The Hall–Kier alpha value is -0.610. The van der Waals surface area contributed by atoms with Gasteiger partial charge in [-0.2, -0.15) is 0 Å². The minimum atomic E-state index is 0.0403. The van der Waals surface area contributed by atoms with Crippen LogP contribution in [-0.2, 0) is 4.79 Å². The quantitative estimate of drug-likeness (QED) is 0.792. The first-order valence-corrected chi connectivity index (χ1v) is 7.38. The van der Waals surface area contributed by atoms with Gasteiger partial charge in [-0.25, -0.2) is 0 Å². The number of carbonyl (C=O) groups excluding carboxylic acids is 1. The Morgan fingerprint density at radius 2 is 2.06 bits per heavy atom. The van der Waals surface area contributed by atoms with Crippen molar-refractivity contribution in [3.05, 3.63) is 0 Å². The molecule has 1 atom stereocenters. The zero-order chi connectivity index (χ0) is 13.0. The van der Waals surface area contributed by atoms with Crippen molar-refractivity contribution in [2.75, 3.05) is 39.8 Å². The summed E-state index contributed by atoms with van der Waals surface area (Å²) in [6, 6.07) is 0.0403. The third-order valence-corrected chi connectivity index (χ3v) is 4.53. The second kappa shape index (κ2) is 6.53. The first kappa shape index (κ1) is 13.8. The maximum atomic E-state index is 12.3. The van der Waals surface area contributed by atoms with Crippen molar-refractivity contribution in [1.82, 2.24) is 15.1 Å². The lowest BCUT2D eigenvalue weighted by atomic mass is 9.83. The minimum absolute atomic E-state index is 0.0403. The molecule has 1 unspecified atom stereocenters. The number of rotatable bonds is 5. The van der Waals surface area contributed by atoms with Crippen LogP contribution in [0.15, 0.2) is 0 Å². The monoisotopic (exact) mass is 253 g/mol. The summed E-state index contributed by atoms with van der Waals surface area (Å²) in [6.07, 6.45) is 5.32. The van der Waals surface area contributed by atoms with Gasteiger partial charge >= 0.3 is 0 Å². The van der Waals surface area contributed by atoms with E-state index in [0.717, 1.165) is 38.6 Å². The van der Waals surface area contributed by atoms with Gasteiger partial charge in [-0.1, -0.05) is 19.3 Å². The number of nitrogens with one attached hydrogen (secondary N) is 1. The minimum Gasteiger partial charge on any atom is -0.344 e. The predicted octanol–water partition coefficient (Wildman–Crippen LogP) is 0.929. The van der Waals surface area contributed by atoms with Gasteiger partial charge in [0.25, 0.3) is 0 Å². The fourth-order valence-electron chi connectivity index (χ4n) is 2.81. The summed E-state index contributed by atoms with van der Waals surface area (Å²) >= 11 is 0. The number of hydrogen-bond donors (Lipinski definition) is 1. The van der Waals surface area contributed by atoms with Crippen molar-refractivity contribution < 1.29 is 4.79 Å². The van der Waals surface area contributed by atoms with Gasteiger partial charge in [0.15, 0.2) is 0 Å². The van der Waals surface area contributed by atoms with Gasteiger partial charge in [0.2, 0.25) is 5.91 Å². The van der Waals surface area contributed by atoms with Gasteiger partial charge in [-0.15, -0.1) is 0 Å². The molecule has 2 fully saturated rings. The molecule has 0 spiro atoms. The van der Waals surface area contributed by atoms with E-state index in [-0.39, 0.29) is 11.9 Å². The van der Waals surface area contributed by atoms with Crippen LogP contribution < -0.4 is 5.32 Å². The number of piperazine rings is 1. The summed E-state index contributed by atoms with van der Waals surface area (Å²) in [5.41, 5.74) is 0. The third kappa shape index (κ3) is 3.45. The SMILES string of the molecule is CC(C(=O)N(C)CCC1CCC1)N1CCNCC1. The normalized spacial score (nSPS) is 23.4. The zero-order valence-corrected chi connectivity index (χ0v) is 11.8. The van der Waals surface area contributed by atoms with Crippen LogP contribution in [0.25, 0.3) is 0 Å². The van der Waals surface area contributed by atoms with E-state index in [9.17, 15) is 4.79 Å². The Bertz CT molecular complexity index is 272. The van der Waals surface area contributed by atoms with Crippen LogP contribution >= 0.6 is 0 Å². The van der Waals surface area contributed by atoms with Gasteiger partial charge in [0, 0.05) is 39.8 Å². The first-order valence-electron chi connectivity index (χ1n) is 7.38. The molecule has 0 aromatic carbocycles. The smallest absolute Gasteiger partial charge is 0.239 e. The van der Waals surface area contributed by atoms with Crippen LogP contribution in [0.2, 0.25) is 0 Å². The molecule has 2 aliphatic rings. The van der Waals surface area contributed by atoms with Crippen molar-refractivity contribution >= 4 is 5.91 Å². The lowest BCUT2D eigenvalue weighted by Gasteiger charge is -2.34. The van der Waals surface area contributed by atoms with Crippen LogP contribution in [0.1, 0.15) is 32.6 Å². The zero-order valence-electron chi connectivity index (χ0n) is 11.8. The summed E-state index contributed by atoms with van der Waals surface area (Å²) in [6.45, 7) is 6.97. The third-order valence-electron chi connectivity index (χ3n) is 4.53. The fraction of sp³-hybridized carbons (Fsp3) is 0.929. The van der Waals surface area contributed by atoms with E-state index in [2.05, 4.69) is 10.2 Å². The number of nitrogens with zero attached hydrogens (tertiary/aromatic N) is 2. The summed E-state index contributed by atoms with van der Waals surface area (Å²) < 4.78 is 0. The van der Waals surface area contributed by atoms with Crippen molar-refractivity contribution in [1.29, 1.82) is 0 Å². The topological polar surface area (TPSA) is 35.6 Å². The van der Waals surface area contributed by atoms with E-state index in [1.54, 1.807) is 0 Å². The van der Waals surface area contributed by atoms with E-state index in [0.29, 0.717) is 0 Å². The molecule has 4 heteroatoms. The Kier molecular flexibility index (Phi) is 5.01. The molecule has 0 radical (unpaired) electrons. The molecule has 1 heterocycles. The van der Waals surface area contributed by atoms with E-state index in [1.165, 1.54) is 25.7 Å². The van der Waals surface area contributed by atoms with Crippen LogP contribution in [0, 0.1) is 5.92 Å². The summed E-state index contributed by atoms with van der Waals surface area (Å²) in [4.78, 5) is 16.6. The van der Waals surface area contributed by atoms with Crippen LogP contribution in [0.3, 0.4) is 0 Å². The van der Waals surface area contributed by atoms with E-state index in [1.807, 2.05) is 18.9 Å². The van der Waals surface area contributed by atoms with Crippen molar-refractivity contribution in [3.8, 4) is 0 Å². The Labute approximate surface area is 111 Å². The van der Waals surface area contributed by atoms with Gasteiger partial charge in [0.1, 0.15) is 0 Å². The summed E-state index contributed by atoms with van der Waals surface area (Å²) in [5, 5.41) is 3.33. The first-order chi connectivity index (χ1) is 8.68. The molecular weight excluding hydrogens is 226 g/mol. The van der Waals surface area contributed by atoms with E-state index < -0.39 is 0 Å². The van der Waals surface area contributed by atoms with Crippen molar-refractivity contribution in [2.45, 2.75) is 38.6 Å². The highest BCUT2D eigenvalue weighted by atomic mass is 16.2. The van der Waals surface area contributed by atoms with E-state index in [4.69, 9.17) is 0 Å². The highest BCUT2D eigenvalue weighted by Crippen LogP contribution is 2.29. The molecule has 104 valence electrons. The highest BCUT2D eigenvalue weighted by Gasteiger charge is 2.26. The largest absolute Gasteiger partial charge is 0.344 e. The van der Waals surface area contributed by atoms with Crippen LogP contribution in [0.5, 0.6) is 0 Å². The van der Waals surface area contributed by atoms with Crippen LogP contribution in [-0.4, -0.2) is 61.5 Å². The second-order valence-electron chi connectivity index (χ2n) is 5.81. The average Bonchev–Trinajstić information content (AvgIpc) is 2.36. The molecule has 0 aromatic heterocycles. The molecule has 18 heavy (non-hydrogen) atoms. The van der Waals surface area contributed by atoms with E-state index >= 15 is 0 Å². The molecule has 2 rings (SSSR count). The van der Waals surface area contributed by atoms with Gasteiger partial charge in [-0.05, 0) is 19.3 Å². The number of likely N-dealkylation sites (N-methyl/N-ethyl adjacent to an activating group) is 1. The number of carbonyl (C=O) groups is 1. The lowest BCUT2D eigenvalue weighted by molar-refractivity contribution is -0.135. The fourth-order valence-corrected chi connectivity index (χ4v) is 2.81. The maximum absolute atomic E-state index is 12.3. The molecule has 1 N–H and O–H groups in total.